The van der Waals surface area contributed by atoms with Gasteiger partial charge in [0.25, 0.3) is 0 Å². The van der Waals surface area contributed by atoms with Crippen LogP contribution in [0, 0.1) is 5.41 Å². The van der Waals surface area contributed by atoms with Gasteiger partial charge in [0.1, 0.15) is 6.10 Å². The van der Waals surface area contributed by atoms with E-state index in [1.807, 2.05) is 0 Å². The van der Waals surface area contributed by atoms with Gasteiger partial charge in [0.05, 0.1) is 17.6 Å². The fraction of sp³-hybridized carbons (Fsp3) is 0.938. The Kier molecular flexibility index (Phi) is 5.44. The van der Waals surface area contributed by atoms with E-state index in [1.165, 1.54) is 0 Å². The second-order valence-electron chi connectivity index (χ2n) is 6.54. The van der Waals surface area contributed by atoms with Crippen LogP contribution in [0.25, 0.3) is 0 Å². The molecule has 2 unspecified atom stereocenters. The Morgan fingerprint density at radius 2 is 1.85 bits per heavy atom. The molecule has 2 rings (SSSR count). The topological polar surface area (TPSA) is 47.6 Å². The lowest BCUT2D eigenvalue weighted by Gasteiger charge is -2.38. The van der Waals surface area contributed by atoms with E-state index in [-0.39, 0.29) is 29.7 Å². The first-order valence-electron chi connectivity index (χ1n) is 8.13. The first-order valence-corrected chi connectivity index (χ1v) is 8.13. The molecule has 0 saturated carbocycles. The van der Waals surface area contributed by atoms with Gasteiger partial charge in [0, 0.05) is 12.8 Å². The van der Waals surface area contributed by atoms with Gasteiger partial charge in [0.2, 0.25) is 0 Å². The monoisotopic (exact) mass is 283 g/mol. The number of carbonyl (C=O) groups is 1. The zero-order valence-electron chi connectivity index (χ0n) is 13.1. The van der Waals surface area contributed by atoms with Crippen LogP contribution < -0.4 is 5.32 Å². The molecule has 2 heterocycles. The fourth-order valence-electron chi connectivity index (χ4n) is 3.66. The molecule has 4 heteroatoms. The Bertz CT molecular complexity index is 310. The molecule has 0 bridgehead atoms. The number of carbonyl (C=O) groups excluding carboxylic acids is 1. The zero-order valence-corrected chi connectivity index (χ0v) is 13.1. The molecule has 2 saturated heterocycles. The van der Waals surface area contributed by atoms with Gasteiger partial charge in [-0.05, 0) is 46.2 Å². The summed E-state index contributed by atoms with van der Waals surface area (Å²) in [7, 11) is 0. The van der Waals surface area contributed by atoms with Crippen molar-refractivity contribution in [1.29, 1.82) is 0 Å². The van der Waals surface area contributed by atoms with E-state index in [2.05, 4.69) is 26.1 Å². The first kappa shape index (κ1) is 15.8. The van der Waals surface area contributed by atoms with Gasteiger partial charge in [-0.3, -0.25) is 4.79 Å². The fourth-order valence-corrected chi connectivity index (χ4v) is 3.66. The number of nitrogens with one attached hydrogen (secondary N) is 1. The van der Waals surface area contributed by atoms with Gasteiger partial charge in [-0.1, -0.05) is 13.3 Å². The van der Waals surface area contributed by atoms with E-state index >= 15 is 0 Å². The number of piperidine rings is 1. The number of ether oxygens (including phenoxy) is 2. The quantitative estimate of drug-likeness (QED) is 0.806. The Labute approximate surface area is 122 Å². The summed E-state index contributed by atoms with van der Waals surface area (Å²) in [6, 6.07) is 0. The van der Waals surface area contributed by atoms with Gasteiger partial charge in [-0.15, -0.1) is 0 Å². The molecule has 2 fully saturated rings. The number of hydrogen-bond donors (Lipinski definition) is 1. The summed E-state index contributed by atoms with van der Waals surface area (Å²) < 4.78 is 11.6. The molecule has 0 aromatic carbocycles. The minimum absolute atomic E-state index is 0.0323. The highest BCUT2D eigenvalue weighted by molar-refractivity contribution is 5.77. The average Bonchev–Trinajstić information content (AvgIpc) is 2.38. The van der Waals surface area contributed by atoms with Crippen LogP contribution in [0.2, 0.25) is 0 Å². The van der Waals surface area contributed by atoms with Crippen molar-refractivity contribution in [2.75, 3.05) is 13.1 Å². The van der Waals surface area contributed by atoms with Gasteiger partial charge in [0.15, 0.2) is 0 Å². The van der Waals surface area contributed by atoms with Gasteiger partial charge in [-0.25, -0.2) is 0 Å². The Morgan fingerprint density at radius 3 is 2.40 bits per heavy atom. The molecule has 0 aromatic rings. The average molecular weight is 283 g/mol. The third-order valence-corrected chi connectivity index (χ3v) is 4.65. The van der Waals surface area contributed by atoms with Crippen LogP contribution in [-0.4, -0.2) is 37.4 Å². The van der Waals surface area contributed by atoms with E-state index in [4.69, 9.17) is 9.47 Å². The summed E-state index contributed by atoms with van der Waals surface area (Å²) in [6.45, 7) is 8.12. The van der Waals surface area contributed by atoms with Crippen LogP contribution >= 0.6 is 0 Å². The van der Waals surface area contributed by atoms with Crippen molar-refractivity contribution < 1.29 is 14.3 Å². The number of rotatable bonds is 4. The molecule has 0 amide bonds. The standard InChI is InChI=1S/C16H29NO3/c1-4-5-16(6-8-17-9-7-16)15(18)20-14-10-12(2)19-13(3)11-14/h12-14,17H,4-11H2,1-3H3. The van der Waals surface area contributed by atoms with E-state index < -0.39 is 0 Å². The summed E-state index contributed by atoms with van der Waals surface area (Å²) in [6.07, 6.45) is 5.87. The minimum atomic E-state index is -0.245. The van der Waals surface area contributed by atoms with Crippen molar-refractivity contribution in [2.45, 2.75) is 77.6 Å². The number of esters is 1. The van der Waals surface area contributed by atoms with Gasteiger partial charge < -0.3 is 14.8 Å². The maximum absolute atomic E-state index is 12.7. The van der Waals surface area contributed by atoms with Crippen LogP contribution in [0.4, 0.5) is 0 Å². The number of hydrogen-bond acceptors (Lipinski definition) is 4. The van der Waals surface area contributed by atoms with Crippen LogP contribution in [0.5, 0.6) is 0 Å². The zero-order chi connectivity index (χ0) is 14.6. The highest BCUT2D eigenvalue weighted by Crippen LogP contribution is 2.36. The largest absolute Gasteiger partial charge is 0.462 e. The molecule has 2 atom stereocenters. The summed E-state index contributed by atoms with van der Waals surface area (Å²) in [5, 5.41) is 3.34. The van der Waals surface area contributed by atoms with Crippen molar-refractivity contribution in [3.05, 3.63) is 0 Å². The lowest BCUT2D eigenvalue weighted by Crippen LogP contribution is -2.45. The summed E-state index contributed by atoms with van der Waals surface area (Å²) >= 11 is 0. The molecular formula is C16H29NO3. The molecule has 20 heavy (non-hydrogen) atoms. The predicted molar refractivity (Wildman–Crippen MR) is 78.6 cm³/mol. The molecule has 1 N–H and O–H groups in total. The second kappa shape index (κ2) is 6.90. The molecule has 4 nitrogen and oxygen atoms in total. The second-order valence-corrected chi connectivity index (χ2v) is 6.54. The minimum Gasteiger partial charge on any atom is -0.462 e. The molecule has 0 aliphatic carbocycles. The molecule has 116 valence electrons. The Balaban J connectivity index is 1.97. The van der Waals surface area contributed by atoms with E-state index in [0.717, 1.165) is 51.6 Å². The van der Waals surface area contributed by atoms with Crippen molar-refractivity contribution in [3.8, 4) is 0 Å². The van der Waals surface area contributed by atoms with Crippen LogP contribution in [0.3, 0.4) is 0 Å². The van der Waals surface area contributed by atoms with Crippen LogP contribution in [0.15, 0.2) is 0 Å². The Hall–Kier alpha value is -0.610. The molecule has 0 spiro atoms. The molecule has 2 aliphatic heterocycles. The lowest BCUT2D eigenvalue weighted by atomic mass is 9.75. The highest BCUT2D eigenvalue weighted by atomic mass is 16.6. The third kappa shape index (κ3) is 3.73. The normalized spacial score (nSPS) is 33.6. The van der Waals surface area contributed by atoms with E-state index in [9.17, 15) is 4.79 Å². The van der Waals surface area contributed by atoms with Crippen molar-refractivity contribution in [3.63, 3.8) is 0 Å². The van der Waals surface area contributed by atoms with Crippen molar-refractivity contribution in [1.82, 2.24) is 5.32 Å². The summed E-state index contributed by atoms with van der Waals surface area (Å²) in [5.41, 5.74) is -0.245. The van der Waals surface area contributed by atoms with E-state index in [0.29, 0.717) is 0 Å². The third-order valence-electron chi connectivity index (χ3n) is 4.65. The van der Waals surface area contributed by atoms with Crippen molar-refractivity contribution >= 4 is 5.97 Å². The maximum Gasteiger partial charge on any atom is 0.312 e. The SMILES string of the molecule is CCCC1(C(=O)OC2CC(C)OC(C)C2)CCNCC1. The van der Waals surface area contributed by atoms with Crippen LogP contribution in [-0.2, 0) is 14.3 Å². The molecule has 0 radical (unpaired) electrons. The summed E-state index contributed by atoms with van der Waals surface area (Å²) in [4.78, 5) is 12.7. The van der Waals surface area contributed by atoms with E-state index in [1.54, 1.807) is 0 Å². The molecule has 0 aromatic heterocycles. The first-order chi connectivity index (χ1) is 9.55. The maximum atomic E-state index is 12.7. The highest BCUT2D eigenvalue weighted by Gasteiger charge is 2.41. The Morgan fingerprint density at radius 1 is 1.25 bits per heavy atom. The smallest absolute Gasteiger partial charge is 0.312 e. The van der Waals surface area contributed by atoms with Crippen molar-refractivity contribution in [2.24, 2.45) is 5.41 Å². The predicted octanol–water partition coefficient (Wildman–Crippen LogP) is 2.66. The molecular weight excluding hydrogens is 254 g/mol. The lowest BCUT2D eigenvalue weighted by molar-refractivity contribution is -0.173. The molecule has 2 aliphatic rings. The van der Waals surface area contributed by atoms with Gasteiger partial charge >= 0.3 is 5.97 Å². The van der Waals surface area contributed by atoms with Gasteiger partial charge in [-0.2, -0.15) is 0 Å². The van der Waals surface area contributed by atoms with Crippen LogP contribution in [0.1, 0.15) is 59.3 Å². The summed E-state index contributed by atoms with van der Waals surface area (Å²) in [5.74, 6) is 0.0344.